The molecule has 1 atom stereocenters. The average Bonchev–Trinajstić information content (AvgIpc) is 2.82. The highest BCUT2D eigenvalue weighted by Gasteiger charge is 2.15. The summed E-state index contributed by atoms with van der Waals surface area (Å²) in [5, 5.41) is 11.6. The molecule has 104 valence electrons. The Hall–Kier alpha value is -0.940. The number of aryl methyl sites for hydroxylation is 1. The van der Waals surface area contributed by atoms with Gasteiger partial charge >= 0.3 is 0 Å². The molecule has 0 aromatic carbocycles. The van der Waals surface area contributed by atoms with Crippen molar-refractivity contribution in [2.75, 3.05) is 19.8 Å². The van der Waals surface area contributed by atoms with Gasteiger partial charge in [-0.25, -0.2) is 4.68 Å². The van der Waals surface area contributed by atoms with Crippen LogP contribution >= 0.6 is 0 Å². The van der Waals surface area contributed by atoms with Gasteiger partial charge in [0, 0.05) is 19.8 Å². The van der Waals surface area contributed by atoms with Gasteiger partial charge in [0.05, 0.1) is 17.9 Å². The molecule has 0 saturated heterocycles. The maximum absolute atomic E-state index is 5.57. The van der Waals surface area contributed by atoms with Crippen LogP contribution in [0.4, 0.5) is 0 Å². The van der Waals surface area contributed by atoms with Crippen LogP contribution in [0, 0.1) is 0 Å². The predicted molar refractivity (Wildman–Crippen MR) is 72.5 cm³/mol. The molecule has 18 heavy (non-hydrogen) atoms. The van der Waals surface area contributed by atoms with Crippen molar-refractivity contribution in [3.05, 3.63) is 11.9 Å². The van der Waals surface area contributed by atoms with Crippen LogP contribution in [0.25, 0.3) is 0 Å². The quantitative estimate of drug-likeness (QED) is 0.650. The fraction of sp³-hybridized carbons (Fsp3) is 0.846. The highest BCUT2D eigenvalue weighted by Crippen LogP contribution is 2.15. The van der Waals surface area contributed by atoms with Gasteiger partial charge < -0.3 is 10.1 Å². The van der Waals surface area contributed by atoms with Gasteiger partial charge in [0.15, 0.2) is 0 Å². The standard InChI is InChI=1S/C13H26N4O/c1-4-8-17-13(11-15-16-17)12(14-6-3)7-10-18-9-5-2/h11-12,14H,4-10H2,1-3H3. The molecule has 0 aliphatic carbocycles. The largest absolute Gasteiger partial charge is 0.381 e. The highest BCUT2D eigenvalue weighted by atomic mass is 16.5. The number of hydrogen-bond acceptors (Lipinski definition) is 4. The molecular formula is C13H26N4O. The van der Waals surface area contributed by atoms with Gasteiger partial charge in [-0.1, -0.05) is 26.0 Å². The number of nitrogens with zero attached hydrogens (tertiary/aromatic N) is 3. The SMILES string of the molecule is CCCOCCC(NCC)c1cnnn1CCC. The first kappa shape index (κ1) is 15.1. The smallest absolute Gasteiger partial charge is 0.0757 e. The Morgan fingerprint density at radius 1 is 1.28 bits per heavy atom. The molecule has 1 aromatic heterocycles. The van der Waals surface area contributed by atoms with Crippen molar-refractivity contribution in [2.24, 2.45) is 0 Å². The minimum Gasteiger partial charge on any atom is -0.381 e. The van der Waals surface area contributed by atoms with Crippen molar-refractivity contribution >= 4 is 0 Å². The molecule has 5 nitrogen and oxygen atoms in total. The van der Waals surface area contributed by atoms with Gasteiger partial charge in [-0.2, -0.15) is 0 Å². The van der Waals surface area contributed by atoms with Crippen LogP contribution in [0.15, 0.2) is 6.20 Å². The van der Waals surface area contributed by atoms with Crippen molar-refractivity contribution < 1.29 is 4.74 Å². The lowest BCUT2D eigenvalue weighted by molar-refractivity contribution is 0.124. The van der Waals surface area contributed by atoms with Gasteiger partial charge in [-0.05, 0) is 25.8 Å². The zero-order chi connectivity index (χ0) is 13.2. The van der Waals surface area contributed by atoms with Crippen molar-refractivity contribution in [1.82, 2.24) is 20.3 Å². The molecule has 5 heteroatoms. The van der Waals surface area contributed by atoms with E-state index in [-0.39, 0.29) is 6.04 Å². The molecule has 1 heterocycles. The lowest BCUT2D eigenvalue weighted by atomic mass is 10.1. The maximum atomic E-state index is 5.57. The Balaban J connectivity index is 2.56. The van der Waals surface area contributed by atoms with Crippen molar-refractivity contribution in [3.8, 4) is 0 Å². The van der Waals surface area contributed by atoms with E-state index in [1.54, 1.807) is 0 Å². The Bertz CT molecular complexity index is 314. The Kier molecular flexibility index (Phi) is 7.60. The van der Waals surface area contributed by atoms with Crippen LogP contribution in [0.1, 0.15) is 51.8 Å². The second-order valence-electron chi connectivity index (χ2n) is 4.39. The number of rotatable bonds is 10. The van der Waals surface area contributed by atoms with E-state index in [9.17, 15) is 0 Å². The van der Waals surface area contributed by atoms with Gasteiger partial charge in [0.25, 0.3) is 0 Å². The lowest BCUT2D eigenvalue weighted by Gasteiger charge is -2.18. The van der Waals surface area contributed by atoms with E-state index in [0.29, 0.717) is 0 Å². The zero-order valence-electron chi connectivity index (χ0n) is 11.9. The summed E-state index contributed by atoms with van der Waals surface area (Å²) in [6.07, 6.45) is 4.97. The number of ether oxygens (including phenoxy) is 1. The first-order valence-corrected chi connectivity index (χ1v) is 7.02. The molecular weight excluding hydrogens is 228 g/mol. The third kappa shape index (κ3) is 4.74. The molecule has 1 rings (SSSR count). The van der Waals surface area contributed by atoms with E-state index in [4.69, 9.17) is 4.74 Å². The molecule has 0 amide bonds. The van der Waals surface area contributed by atoms with E-state index in [2.05, 4.69) is 36.4 Å². The predicted octanol–water partition coefficient (Wildman–Crippen LogP) is 2.16. The summed E-state index contributed by atoms with van der Waals surface area (Å²) in [5.74, 6) is 0. The molecule has 1 unspecified atom stereocenters. The minimum atomic E-state index is 0.286. The molecule has 1 N–H and O–H groups in total. The van der Waals surface area contributed by atoms with Crippen LogP contribution in [0.2, 0.25) is 0 Å². The molecule has 0 bridgehead atoms. The Labute approximate surface area is 110 Å². The van der Waals surface area contributed by atoms with Gasteiger partial charge in [0.2, 0.25) is 0 Å². The fourth-order valence-corrected chi connectivity index (χ4v) is 1.97. The normalized spacial score (nSPS) is 12.8. The highest BCUT2D eigenvalue weighted by molar-refractivity contribution is 5.02. The Morgan fingerprint density at radius 3 is 2.78 bits per heavy atom. The maximum Gasteiger partial charge on any atom is 0.0757 e. The molecule has 1 aromatic rings. The number of aromatic nitrogens is 3. The third-order valence-corrected chi connectivity index (χ3v) is 2.79. The Morgan fingerprint density at radius 2 is 2.11 bits per heavy atom. The number of nitrogens with one attached hydrogen (secondary N) is 1. The lowest BCUT2D eigenvalue weighted by Crippen LogP contribution is -2.25. The summed E-state index contributed by atoms with van der Waals surface area (Å²) < 4.78 is 7.56. The van der Waals surface area contributed by atoms with Crippen molar-refractivity contribution in [1.29, 1.82) is 0 Å². The summed E-state index contributed by atoms with van der Waals surface area (Å²) in [4.78, 5) is 0. The van der Waals surface area contributed by atoms with Gasteiger partial charge in [-0.15, -0.1) is 5.10 Å². The molecule has 0 saturated carbocycles. The van der Waals surface area contributed by atoms with E-state index >= 15 is 0 Å². The van der Waals surface area contributed by atoms with Crippen LogP contribution in [0.5, 0.6) is 0 Å². The van der Waals surface area contributed by atoms with Crippen LogP contribution in [0.3, 0.4) is 0 Å². The molecule has 0 radical (unpaired) electrons. The molecule has 0 fully saturated rings. The molecule has 0 spiro atoms. The van der Waals surface area contributed by atoms with Crippen LogP contribution in [-0.4, -0.2) is 34.8 Å². The van der Waals surface area contributed by atoms with Crippen molar-refractivity contribution in [2.45, 2.75) is 52.6 Å². The zero-order valence-corrected chi connectivity index (χ0v) is 11.9. The fourth-order valence-electron chi connectivity index (χ4n) is 1.97. The third-order valence-electron chi connectivity index (χ3n) is 2.79. The number of hydrogen-bond donors (Lipinski definition) is 1. The second kappa shape index (κ2) is 9.05. The van der Waals surface area contributed by atoms with Crippen molar-refractivity contribution in [3.63, 3.8) is 0 Å². The monoisotopic (exact) mass is 254 g/mol. The summed E-state index contributed by atoms with van der Waals surface area (Å²) >= 11 is 0. The summed E-state index contributed by atoms with van der Waals surface area (Å²) in [7, 11) is 0. The average molecular weight is 254 g/mol. The summed E-state index contributed by atoms with van der Waals surface area (Å²) in [5.41, 5.74) is 1.17. The van der Waals surface area contributed by atoms with Crippen LogP contribution < -0.4 is 5.32 Å². The first-order valence-electron chi connectivity index (χ1n) is 7.02. The molecule has 0 aliphatic heterocycles. The second-order valence-corrected chi connectivity index (χ2v) is 4.39. The van der Waals surface area contributed by atoms with E-state index < -0.39 is 0 Å². The molecule has 0 aliphatic rings. The summed E-state index contributed by atoms with van der Waals surface area (Å²) in [6.45, 7) is 9.88. The van der Waals surface area contributed by atoms with E-state index in [1.165, 1.54) is 5.69 Å². The first-order chi connectivity index (χ1) is 8.83. The van der Waals surface area contributed by atoms with E-state index in [1.807, 2.05) is 10.9 Å². The van der Waals surface area contributed by atoms with E-state index in [0.717, 1.165) is 45.6 Å². The van der Waals surface area contributed by atoms with Crippen LogP contribution in [-0.2, 0) is 11.3 Å². The van der Waals surface area contributed by atoms with Gasteiger partial charge in [-0.3, -0.25) is 0 Å². The van der Waals surface area contributed by atoms with Gasteiger partial charge in [0.1, 0.15) is 0 Å². The minimum absolute atomic E-state index is 0.286. The summed E-state index contributed by atoms with van der Waals surface area (Å²) in [6, 6.07) is 0.286. The topological polar surface area (TPSA) is 52.0 Å².